The number of rotatable bonds is 2. The number of aliphatic carboxylic acids is 1. The van der Waals surface area contributed by atoms with E-state index >= 15 is 0 Å². The van der Waals surface area contributed by atoms with Gasteiger partial charge < -0.3 is 19.5 Å². The van der Waals surface area contributed by atoms with E-state index in [9.17, 15) is 14.7 Å². The number of fused-ring (bicyclic) bond motifs is 2. The smallest absolute Gasteiger partial charge is 0.307 e. The summed E-state index contributed by atoms with van der Waals surface area (Å²) in [6.07, 6.45) is 3.19. The van der Waals surface area contributed by atoms with Crippen molar-refractivity contribution in [2.24, 2.45) is 23.7 Å². The number of amides is 1. The van der Waals surface area contributed by atoms with Gasteiger partial charge in [0.05, 0.1) is 25.0 Å². The molecule has 1 amide bonds. The summed E-state index contributed by atoms with van der Waals surface area (Å²) in [6, 6.07) is 0. The SMILES string of the molecule is CC(C)=C1[C@@H]2CC[C@@H]1[C@@H](C(=O)N1CCC3(CC1)OCCO3)[C@@H]2C(=O)O. The third-order valence-corrected chi connectivity index (χ3v) is 6.64. The summed E-state index contributed by atoms with van der Waals surface area (Å²) in [7, 11) is 0. The Balaban J connectivity index is 1.53. The Bertz CT molecular complexity index is 607. The summed E-state index contributed by atoms with van der Waals surface area (Å²) in [4.78, 5) is 27.0. The Morgan fingerprint density at radius 2 is 1.60 bits per heavy atom. The second-order valence-electron chi connectivity index (χ2n) is 8.07. The number of carbonyl (C=O) groups excluding carboxylic acids is 1. The first kappa shape index (κ1) is 17.0. The lowest BCUT2D eigenvalue weighted by Crippen LogP contribution is -2.51. The van der Waals surface area contributed by atoms with Crippen LogP contribution >= 0.6 is 0 Å². The first-order chi connectivity index (χ1) is 11.9. The first-order valence-corrected chi connectivity index (χ1v) is 9.40. The van der Waals surface area contributed by atoms with Gasteiger partial charge in [-0.2, -0.15) is 0 Å². The van der Waals surface area contributed by atoms with Crippen LogP contribution < -0.4 is 0 Å². The topological polar surface area (TPSA) is 76.1 Å². The average Bonchev–Trinajstić information content (AvgIpc) is 3.28. The van der Waals surface area contributed by atoms with E-state index in [2.05, 4.69) is 0 Å². The molecule has 2 aliphatic carbocycles. The van der Waals surface area contributed by atoms with E-state index in [1.165, 1.54) is 11.1 Å². The molecule has 4 atom stereocenters. The molecule has 2 heterocycles. The highest BCUT2D eigenvalue weighted by atomic mass is 16.7. The fraction of sp³-hybridized carbons (Fsp3) is 0.789. The molecule has 1 spiro atoms. The minimum Gasteiger partial charge on any atom is -0.481 e. The molecule has 1 N–H and O–H groups in total. The van der Waals surface area contributed by atoms with Crippen LogP contribution in [0.25, 0.3) is 0 Å². The molecule has 2 bridgehead atoms. The zero-order valence-electron chi connectivity index (χ0n) is 15.0. The predicted molar refractivity (Wildman–Crippen MR) is 89.7 cm³/mol. The Kier molecular flexibility index (Phi) is 4.15. The van der Waals surface area contributed by atoms with Crippen LogP contribution in [0.15, 0.2) is 11.1 Å². The third-order valence-electron chi connectivity index (χ3n) is 6.64. The van der Waals surface area contributed by atoms with Gasteiger partial charge in [0.1, 0.15) is 0 Å². The standard InChI is InChI=1S/C19H27NO5/c1-11(2)14-12-3-4-13(14)16(18(22)23)15(12)17(21)20-7-5-19(6-8-20)24-9-10-25-19/h12-13,15-16H,3-10H2,1-2H3,(H,22,23)/t12-,13-,15+,16+/m0/s1. The molecule has 4 rings (SSSR count). The van der Waals surface area contributed by atoms with Gasteiger partial charge in [-0.3, -0.25) is 9.59 Å². The van der Waals surface area contributed by atoms with Crippen molar-refractivity contribution in [3.05, 3.63) is 11.1 Å². The molecule has 6 heteroatoms. The van der Waals surface area contributed by atoms with Gasteiger partial charge in [0.15, 0.2) is 5.79 Å². The van der Waals surface area contributed by atoms with Crippen molar-refractivity contribution in [1.29, 1.82) is 0 Å². The molecule has 0 aromatic rings. The molecule has 25 heavy (non-hydrogen) atoms. The van der Waals surface area contributed by atoms with Crippen LogP contribution in [-0.4, -0.2) is 54.0 Å². The normalized spacial score (nSPS) is 36.2. The number of likely N-dealkylation sites (tertiary alicyclic amines) is 1. The van der Waals surface area contributed by atoms with Crippen LogP contribution in [0.3, 0.4) is 0 Å². The number of piperidine rings is 1. The minimum absolute atomic E-state index is 0.0196. The van der Waals surface area contributed by atoms with Crippen LogP contribution in [0.5, 0.6) is 0 Å². The number of carbonyl (C=O) groups is 2. The average molecular weight is 349 g/mol. The summed E-state index contributed by atoms with van der Waals surface area (Å²) in [5.74, 6) is -2.13. The summed E-state index contributed by atoms with van der Waals surface area (Å²) in [6.45, 7) is 6.50. The van der Waals surface area contributed by atoms with Gasteiger partial charge in [-0.25, -0.2) is 0 Å². The molecule has 2 aliphatic heterocycles. The Labute approximate surface area is 148 Å². The molecule has 0 unspecified atom stereocenters. The van der Waals surface area contributed by atoms with E-state index in [1.54, 1.807) is 0 Å². The van der Waals surface area contributed by atoms with E-state index in [4.69, 9.17) is 9.47 Å². The summed E-state index contributed by atoms with van der Waals surface area (Å²) in [5.41, 5.74) is 2.43. The van der Waals surface area contributed by atoms with Gasteiger partial charge in [-0.1, -0.05) is 11.1 Å². The zero-order chi connectivity index (χ0) is 17.8. The lowest BCUT2D eigenvalue weighted by molar-refractivity contribution is -0.189. The quantitative estimate of drug-likeness (QED) is 0.772. The van der Waals surface area contributed by atoms with Crippen LogP contribution in [0, 0.1) is 23.7 Å². The molecule has 138 valence electrons. The van der Waals surface area contributed by atoms with Crippen molar-refractivity contribution >= 4 is 11.9 Å². The maximum absolute atomic E-state index is 13.2. The van der Waals surface area contributed by atoms with Crippen LogP contribution in [-0.2, 0) is 19.1 Å². The number of allylic oxidation sites excluding steroid dienone is 2. The van der Waals surface area contributed by atoms with Crippen LogP contribution in [0.2, 0.25) is 0 Å². The van der Waals surface area contributed by atoms with E-state index in [-0.39, 0.29) is 17.7 Å². The van der Waals surface area contributed by atoms with Crippen molar-refractivity contribution in [1.82, 2.24) is 4.90 Å². The maximum atomic E-state index is 13.2. The highest BCUT2D eigenvalue weighted by molar-refractivity contribution is 5.87. The van der Waals surface area contributed by atoms with Gasteiger partial charge in [-0.15, -0.1) is 0 Å². The summed E-state index contributed by atoms with van der Waals surface area (Å²) < 4.78 is 11.5. The Morgan fingerprint density at radius 3 is 2.12 bits per heavy atom. The molecule has 4 aliphatic rings. The van der Waals surface area contributed by atoms with Crippen molar-refractivity contribution < 1.29 is 24.2 Å². The molecule has 0 aromatic heterocycles. The zero-order valence-corrected chi connectivity index (χ0v) is 15.0. The van der Waals surface area contributed by atoms with Gasteiger partial charge in [0, 0.05) is 25.9 Å². The summed E-state index contributed by atoms with van der Waals surface area (Å²) in [5, 5.41) is 9.79. The molecule has 0 radical (unpaired) electrons. The van der Waals surface area contributed by atoms with Gasteiger partial charge in [-0.05, 0) is 38.5 Å². The number of carboxylic acid groups (broad SMARTS) is 1. The number of carboxylic acids is 1. The van der Waals surface area contributed by atoms with Crippen molar-refractivity contribution in [2.75, 3.05) is 26.3 Å². The molecular weight excluding hydrogens is 322 g/mol. The monoisotopic (exact) mass is 349 g/mol. The van der Waals surface area contributed by atoms with Gasteiger partial charge in [0.25, 0.3) is 0 Å². The van der Waals surface area contributed by atoms with E-state index in [0.717, 1.165) is 12.8 Å². The predicted octanol–water partition coefficient (Wildman–Crippen LogP) is 2.05. The van der Waals surface area contributed by atoms with Gasteiger partial charge in [0.2, 0.25) is 5.91 Å². The molecule has 2 saturated carbocycles. The van der Waals surface area contributed by atoms with Crippen molar-refractivity contribution in [3.63, 3.8) is 0 Å². The van der Waals surface area contributed by atoms with E-state index < -0.39 is 23.6 Å². The van der Waals surface area contributed by atoms with Crippen LogP contribution in [0.1, 0.15) is 39.5 Å². The number of nitrogens with zero attached hydrogens (tertiary/aromatic N) is 1. The van der Waals surface area contributed by atoms with E-state index in [0.29, 0.717) is 39.1 Å². The molecule has 4 fully saturated rings. The highest BCUT2D eigenvalue weighted by Crippen LogP contribution is 2.57. The largest absolute Gasteiger partial charge is 0.481 e. The Hall–Kier alpha value is -1.40. The van der Waals surface area contributed by atoms with Gasteiger partial charge >= 0.3 is 5.97 Å². The third kappa shape index (κ3) is 2.61. The summed E-state index contributed by atoms with van der Waals surface area (Å²) >= 11 is 0. The first-order valence-electron chi connectivity index (χ1n) is 9.40. The fourth-order valence-corrected chi connectivity index (χ4v) is 5.65. The molecule has 6 nitrogen and oxygen atoms in total. The number of hydrogen-bond acceptors (Lipinski definition) is 4. The van der Waals surface area contributed by atoms with Crippen molar-refractivity contribution in [3.8, 4) is 0 Å². The lowest BCUT2D eigenvalue weighted by atomic mass is 9.78. The minimum atomic E-state index is -0.819. The second kappa shape index (κ2) is 6.09. The number of ether oxygens (including phenoxy) is 2. The van der Waals surface area contributed by atoms with Crippen LogP contribution in [0.4, 0.5) is 0 Å². The molecule has 0 aromatic carbocycles. The lowest BCUT2D eigenvalue weighted by Gasteiger charge is -2.40. The van der Waals surface area contributed by atoms with Crippen molar-refractivity contribution in [2.45, 2.75) is 45.3 Å². The fourth-order valence-electron chi connectivity index (χ4n) is 5.65. The molecular formula is C19H27NO5. The highest BCUT2D eigenvalue weighted by Gasteiger charge is 2.58. The second-order valence-corrected chi connectivity index (χ2v) is 8.07. The Morgan fingerprint density at radius 1 is 1.04 bits per heavy atom. The maximum Gasteiger partial charge on any atom is 0.307 e. The van der Waals surface area contributed by atoms with E-state index in [1.807, 2.05) is 18.7 Å². The molecule has 2 saturated heterocycles. The number of hydrogen-bond donors (Lipinski definition) is 1.